The van der Waals surface area contributed by atoms with E-state index in [9.17, 15) is 9.59 Å². The summed E-state index contributed by atoms with van der Waals surface area (Å²) in [6, 6.07) is 9.08. The van der Waals surface area contributed by atoms with Gasteiger partial charge in [-0.3, -0.25) is 4.79 Å². The van der Waals surface area contributed by atoms with E-state index in [1.54, 1.807) is 6.20 Å². The number of aliphatic carboxylic acids is 1. The van der Waals surface area contributed by atoms with Crippen LogP contribution in [0.2, 0.25) is 0 Å². The van der Waals surface area contributed by atoms with Gasteiger partial charge < -0.3 is 20.2 Å². The lowest BCUT2D eigenvalue weighted by Gasteiger charge is -2.18. The molecule has 0 saturated heterocycles. The molecule has 3 N–H and O–H groups in total. The summed E-state index contributed by atoms with van der Waals surface area (Å²) >= 11 is 0. The molecular formula is C19H23N3O4. The van der Waals surface area contributed by atoms with E-state index in [1.807, 2.05) is 30.3 Å². The van der Waals surface area contributed by atoms with Crippen molar-refractivity contribution < 1.29 is 19.1 Å². The molecule has 1 saturated carbocycles. The van der Waals surface area contributed by atoms with Gasteiger partial charge in [0.25, 0.3) is 0 Å². The Kier molecular flexibility index (Phi) is 5.88. The average Bonchev–Trinajstić information content (AvgIpc) is 3.37. The van der Waals surface area contributed by atoms with Crippen molar-refractivity contribution in [2.75, 3.05) is 0 Å². The molecule has 1 atom stereocenters. The van der Waals surface area contributed by atoms with Crippen molar-refractivity contribution in [3.05, 3.63) is 53.7 Å². The molecule has 0 bridgehead atoms. The van der Waals surface area contributed by atoms with Crippen LogP contribution in [0.25, 0.3) is 0 Å². The molecule has 0 radical (unpaired) electrons. The first-order valence-corrected chi connectivity index (χ1v) is 8.85. The van der Waals surface area contributed by atoms with Crippen LogP contribution >= 0.6 is 0 Å². The Labute approximate surface area is 151 Å². The number of carboxylic acids is 1. The molecule has 1 heterocycles. The Morgan fingerprint density at radius 1 is 1.27 bits per heavy atom. The van der Waals surface area contributed by atoms with Crippen molar-refractivity contribution in [3.8, 4) is 0 Å². The molecule has 2 aromatic rings. The number of hydrogen-bond acceptors (Lipinski definition) is 4. The number of carbonyl (C=O) groups excluding carboxylic acids is 1. The fourth-order valence-corrected chi connectivity index (χ4v) is 2.75. The standard InChI is InChI=1S/C19H23N3O4/c23-17(24)9-8-15(10-13-4-2-1-3-5-13)22-19(25)21-12-16-11-20-18(26-16)14-6-7-14/h1-5,11,14-15H,6-10,12H2,(H,23,24)(H2,21,22,25). The highest BCUT2D eigenvalue weighted by Crippen LogP contribution is 2.39. The van der Waals surface area contributed by atoms with Crippen molar-refractivity contribution in [2.24, 2.45) is 0 Å². The van der Waals surface area contributed by atoms with Gasteiger partial charge in [0.2, 0.25) is 0 Å². The number of carboxylic acid groups (broad SMARTS) is 1. The predicted molar refractivity (Wildman–Crippen MR) is 94.7 cm³/mol. The van der Waals surface area contributed by atoms with Crippen LogP contribution in [0.15, 0.2) is 40.9 Å². The number of hydrogen-bond donors (Lipinski definition) is 3. The number of aromatic nitrogens is 1. The molecule has 7 nitrogen and oxygen atoms in total. The van der Waals surface area contributed by atoms with Gasteiger partial charge in [-0.05, 0) is 31.2 Å². The van der Waals surface area contributed by atoms with Crippen LogP contribution in [0.3, 0.4) is 0 Å². The highest BCUT2D eigenvalue weighted by molar-refractivity contribution is 5.74. The van der Waals surface area contributed by atoms with Gasteiger partial charge in [0.1, 0.15) is 5.76 Å². The minimum absolute atomic E-state index is 0.00460. The molecule has 1 aromatic heterocycles. The molecule has 0 spiro atoms. The van der Waals surface area contributed by atoms with Crippen LogP contribution in [-0.2, 0) is 17.8 Å². The number of amides is 2. The Hall–Kier alpha value is -2.83. The van der Waals surface area contributed by atoms with Crippen LogP contribution < -0.4 is 10.6 Å². The highest BCUT2D eigenvalue weighted by atomic mass is 16.4. The average molecular weight is 357 g/mol. The lowest BCUT2D eigenvalue weighted by atomic mass is 10.0. The largest absolute Gasteiger partial charge is 0.481 e. The number of rotatable bonds is 9. The van der Waals surface area contributed by atoms with E-state index in [-0.39, 0.29) is 25.0 Å². The molecule has 2 amide bonds. The molecule has 1 aliphatic carbocycles. The molecule has 1 aromatic carbocycles. The van der Waals surface area contributed by atoms with Crippen LogP contribution in [0, 0.1) is 0 Å². The van der Waals surface area contributed by atoms with Crippen molar-refractivity contribution in [2.45, 2.75) is 50.6 Å². The minimum Gasteiger partial charge on any atom is -0.481 e. The second kappa shape index (κ2) is 8.51. The van der Waals surface area contributed by atoms with E-state index in [4.69, 9.17) is 9.52 Å². The van der Waals surface area contributed by atoms with Crippen LogP contribution in [0.1, 0.15) is 48.8 Å². The summed E-state index contributed by atoms with van der Waals surface area (Å²) in [5.74, 6) is 0.918. The highest BCUT2D eigenvalue weighted by Gasteiger charge is 2.28. The third-order valence-corrected chi connectivity index (χ3v) is 4.29. The van der Waals surface area contributed by atoms with Gasteiger partial charge in [-0.1, -0.05) is 30.3 Å². The van der Waals surface area contributed by atoms with E-state index in [2.05, 4.69) is 15.6 Å². The van der Waals surface area contributed by atoms with Crippen LogP contribution in [0.5, 0.6) is 0 Å². The van der Waals surface area contributed by atoms with Gasteiger partial charge in [-0.25, -0.2) is 9.78 Å². The number of benzene rings is 1. The zero-order chi connectivity index (χ0) is 18.4. The van der Waals surface area contributed by atoms with Crippen molar-refractivity contribution >= 4 is 12.0 Å². The molecular weight excluding hydrogens is 334 g/mol. The first-order valence-electron chi connectivity index (χ1n) is 8.85. The Morgan fingerprint density at radius 3 is 2.73 bits per heavy atom. The maximum atomic E-state index is 12.2. The van der Waals surface area contributed by atoms with E-state index in [1.165, 1.54) is 0 Å². The van der Waals surface area contributed by atoms with Crippen molar-refractivity contribution in [1.29, 1.82) is 0 Å². The Balaban J connectivity index is 1.50. The van der Waals surface area contributed by atoms with Crippen molar-refractivity contribution in [1.82, 2.24) is 15.6 Å². The first-order chi connectivity index (χ1) is 12.6. The third-order valence-electron chi connectivity index (χ3n) is 4.29. The SMILES string of the molecule is O=C(O)CCC(Cc1ccccc1)NC(=O)NCc1cnc(C2CC2)o1. The first kappa shape index (κ1) is 18.0. The number of nitrogens with one attached hydrogen (secondary N) is 2. The Morgan fingerprint density at radius 2 is 2.04 bits per heavy atom. The summed E-state index contributed by atoms with van der Waals surface area (Å²) in [5, 5.41) is 14.5. The molecule has 1 aliphatic rings. The second-order valence-corrected chi connectivity index (χ2v) is 6.59. The second-order valence-electron chi connectivity index (χ2n) is 6.59. The number of urea groups is 1. The predicted octanol–water partition coefficient (Wildman–Crippen LogP) is 2.83. The van der Waals surface area contributed by atoms with Gasteiger partial charge in [-0.15, -0.1) is 0 Å². The van der Waals surface area contributed by atoms with Gasteiger partial charge in [0.15, 0.2) is 5.89 Å². The topological polar surface area (TPSA) is 104 Å². The summed E-state index contributed by atoms with van der Waals surface area (Å²) < 4.78 is 5.61. The van der Waals surface area contributed by atoms with Gasteiger partial charge in [0.05, 0.1) is 12.7 Å². The summed E-state index contributed by atoms with van der Waals surface area (Å²) in [4.78, 5) is 27.3. The summed E-state index contributed by atoms with van der Waals surface area (Å²) in [5.41, 5.74) is 1.05. The normalized spacial score (nSPS) is 14.6. The zero-order valence-corrected chi connectivity index (χ0v) is 14.5. The number of oxazole rings is 1. The summed E-state index contributed by atoms with van der Waals surface area (Å²) in [6.07, 6.45) is 4.81. The molecule has 7 heteroatoms. The number of carbonyl (C=O) groups is 2. The zero-order valence-electron chi connectivity index (χ0n) is 14.5. The molecule has 26 heavy (non-hydrogen) atoms. The maximum absolute atomic E-state index is 12.2. The maximum Gasteiger partial charge on any atom is 0.315 e. The fraction of sp³-hybridized carbons (Fsp3) is 0.421. The van der Waals surface area contributed by atoms with Crippen molar-refractivity contribution in [3.63, 3.8) is 0 Å². The third kappa shape index (κ3) is 5.61. The van der Waals surface area contributed by atoms with Crippen LogP contribution in [-0.4, -0.2) is 28.1 Å². The lowest BCUT2D eigenvalue weighted by Crippen LogP contribution is -2.43. The van der Waals surface area contributed by atoms with Gasteiger partial charge in [0, 0.05) is 18.4 Å². The van der Waals surface area contributed by atoms with E-state index < -0.39 is 5.97 Å². The van der Waals surface area contributed by atoms with E-state index >= 15 is 0 Å². The molecule has 1 fully saturated rings. The lowest BCUT2D eigenvalue weighted by molar-refractivity contribution is -0.137. The molecule has 3 rings (SSSR count). The number of nitrogens with zero attached hydrogens (tertiary/aromatic N) is 1. The smallest absolute Gasteiger partial charge is 0.315 e. The van der Waals surface area contributed by atoms with Gasteiger partial charge in [-0.2, -0.15) is 0 Å². The summed E-state index contributed by atoms with van der Waals surface area (Å²) in [7, 11) is 0. The molecule has 138 valence electrons. The quantitative estimate of drug-likeness (QED) is 0.640. The van der Waals surface area contributed by atoms with E-state index in [0.29, 0.717) is 24.5 Å². The van der Waals surface area contributed by atoms with Gasteiger partial charge >= 0.3 is 12.0 Å². The van der Waals surface area contributed by atoms with E-state index in [0.717, 1.165) is 24.3 Å². The summed E-state index contributed by atoms with van der Waals surface area (Å²) in [6.45, 7) is 0.253. The monoisotopic (exact) mass is 357 g/mol. The Bertz CT molecular complexity index is 740. The molecule has 0 aliphatic heterocycles. The minimum atomic E-state index is -0.875. The van der Waals surface area contributed by atoms with Crippen LogP contribution in [0.4, 0.5) is 4.79 Å². The fourth-order valence-electron chi connectivity index (χ4n) is 2.75. The molecule has 1 unspecified atom stereocenters.